The first kappa shape index (κ1) is 28.0. The third-order valence-electron chi connectivity index (χ3n) is 5.23. The van der Waals surface area contributed by atoms with Crippen molar-refractivity contribution in [3.8, 4) is 23.0 Å². The Morgan fingerprint density at radius 2 is 1.61 bits per heavy atom. The standard InChI is InChI=1S/C29H33N3O6/c1-5-15-37-25-14-10-22(17-27(25)36-6-2)29(34)32-30-18-21-9-13-24(26(16-21)35-4)38-19-28(33)31-23-11-7-20(3)8-12-23/h7-14,16-18H,5-6,15,19H2,1-4H3,(H,31,33)(H,32,34)/b30-18+. The zero-order chi connectivity index (χ0) is 27.3. The van der Waals surface area contributed by atoms with Crippen LogP contribution in [0.5, 0.6) is 23.0 Å². The van der Waals surface area contributed by atoms with Gasteiger partial charge in [-0.25, -0.2) is 5.43 Å². The number of methoxy groups -OCH3 is 1. The fourth-order valence-corrected chi connectivity index (χ4v) is 3.34. The molecule has 3 aromatic carbocycles. The van der Waals surface area contributed by atoms with Crippen molar-refractivity contribution in [3.63, 3.8) is 0 Å². The van der Waals surface area contributed by atoms with Crippen LogP contribution in [-0.2, 0) is 4.79 Å². The van der Waals surface area contributed by atoms with Crippen molar-refractivity contribution in [2.45, 2.75) is 27.2 Å². The Morgan fingerprint density at radius 1 is 0.868 bits per heavy atom. The number of amides is 2. The second kappa shape index (κ2) is 14.3. The molecule has 0 unspecified atom stereocenters. The first-order chi connectivity index (χ1) is 18.4. The molecule has 200 valence electrons. The summed E-state index contributed by atoms with van der Waals surface area (Å²) in [5.41, 5.74) is 5.36. The topological polar surface area (TPSA) is 107 Å². The average molecular weight is 520 g/mol. The zero-order valence-corrected chi connectivity index (χ0v) is 22.1. The Hall–Kier alpha value is -4.53. The molecule has 0 aromatic heterocycles. The van der Waals surface area contributed by atoms with Crippen molar-refractivity contribution >= 4 is 23.7 Å². The van der Waals surface area contributed by atoms with Gasteiger partial charge in [0.25, 0.3) is 11.8 Å². The third-order valence-corrected chi connectivity index (χ3v) is 5.23. The van der Waals surface area contributed by atoms with Gasteiger partial charge in [-0.3, -0.25) is 9.59 Å². The number of nitrogens with one attached hydrogen (secondary N) is 2. The first-order valence-electron chi connectivity index (χ1n) is 12.3. The van der Waals surface area contributed by atoms with Crippen LogP contribution in [0.15, 0.2) is 65.8 Å². The summed E-state index contributed by atoms with van der Waals surface area (Å²) in [7, 11) is 1.50. The molecule has 38 heavy (non-hydrogen) atoms. The number of aryl methyl sites for hydroxylation is 1. The van der Waals surface area contributed by atoms with Crippen LogP contribution >= 0.6 is 0 Å². The second-order valence-corrected chi connectivity index (χ2v) is 8.26. The largest absolute Gasteiger partial charge is 0.493 e. The van der Waals surface area contributed by atoms with Gasteiger partial charge in [0.1, 0.15) is 0 Å². The van der Waals surface area contributed by atoms with Crippen molar-refractivity contribution in [1.82, 2.24) is 5.43 Å². The number of hydrogen-bond acceptors (Lipinski definition) is 7. The molecule has 0 spiro atoms. The highest BCUT2D eigenvalue weighted by molar-refractivity contribution is 5.95. The van der Waals surface area contributed by atoms with E-state index in [9.17, 15) is 9.59 Å². The molecule has 0 atom stereocenters. The fraction of sp³-hybridized carbons (Fsp3) is 0.276. The highest BCUT2D eigenvalue weighted by Gasteiger charge is 2.12. The Labute approximate surface area is 222 Å². The van der Waals surface area contributed by atoms with Crippen molar-refractivity contribution in [3.05, 3.63) is 77.4 Å². The molecule has 2 amide bonds. The van der Waals surface area contributed by atoms with Crippen LogP contribution in [0.4, 0.5) is 5.69 Å². The van der Waals surface area contributed by atoms with Gasteiger partial charge in [0.15, 0.2) is 29.6 Å². The number of hydrazone groups is 1. The van der Waals surface area contributed by atoms with E-state index >= 15 is 0 Å². The van der Waals surface area contributed by atoms with Crippen molar-refractivity contribution in [2.24, 2.45) is 5.10 Å². The lowest BCUT2D eigenvalue weighted by Crippen LogP contribution is -2.20. The number of carbonyl (C=O) groups excluding carboxylic acids is 2. The summed E-state index contributed by atoms with van der Waals surface area (Å²) < 4.78 is 22.3. The maximum atomic E-state index is 12.6. The van der Waals surface area contributed by atoms with E-state index in [2.05, 4.69) is 15.8 Å². The summed E-state index contributed by atoms with van der Waals surface area (Å²) in [6, 6.07) is 17.6. The molecule has 2 N–H and O–H groups in total. The monoisotopic (exact) mass is 519 g/mol. The summed E-state index contributed by atoms with van der Waals surface area (Å²) in [4.78, 5) is 24.8. The van der Waals surface area contributed by atoms with Gasteiger partial charge in [-0.05, 0) is 74.4 Å². The second-order valence-electron chi connectivity index (χ2n) is 8.26. The van der Waals surface area contributed by atoms with Gasteiger partial charge in [-0.1, -0.05) is 24.6 Å². The predicted molar refractivity (Wildman–Crippen MR) is 147 cm³/mol. The number of hydrogen-bond donors (Lipinski definition) is 2. The average Bonchev–Trinajstić information content (AvgIpc) is 2.92. The number of ether oxygens (including phenoxy) is 4. The molecule has 0 aliphatic rings. The molecule has 3 rings (SSSR count). The third kappa shape index (κ3) is 8.26. The first-order valence-corrected chi connectivity index (χ1v) is 12.3. The summed E-state index contributed by atoms with van der Waals surface area (Å²) >= 11 is 0. The molecule has 3 aromatic rings. The molecular formula is C29H33N3O6. The normalized spacial score (nSPS) is 10.6. The summed E-state index contributed by atoms with van der Waals surface area (Å²) in [5.74, 6) is 1.24. The molecule has 0 heterocycles. The number of carbonyl (C=O) groups is 2. The van der Waals surface area contributed by atoms with Crippen LogP contribution in [0, 0.1) is 6.92 Å². The molecule has 0 fully saturated rings. The number of rotatable bonds is 13. The maximum Gasteiger partial charge on any atom is 0.271 e. The molecule has 0 radical (unpaired) electrons. The lowest BCUT2D eigenvalue weighted by Gasteiger charge is -2.12. The van der Waals surface area contributed by atoms with Crippen LogP contribution in [0.2, 0.25) is 0 Å². The lowest BCUT2D eigenvalue weighted by molar-refractivity contribution is -0.118. The molecule has 0 aliphatic carbocycles. The van der Waals surface area contributed by atoms with Crippen LogP contribution in [0.3, 0.4) is 0 Å². The molecule has 9 nitrogen and oxygen atoms in total. The van der Waals surface area contributed by atoms with E-state index in [1.54, 1.807) is 36.4 Å². The Balaban J connectivity index is 1.58. The van der Waals surface area contributed by atoms with Gasteiger partial charge < -0.3 is 24.3 Å². The molecular weight excluding hydrogens is 486 g/mol. The summed E-state index contributed by atoms with van der Waals surface area (Å²) in [5, 5.41) is 6.82. The van der Waals surface area contributed by atoms with E-state index in [1.807, 2.05) is 45.0 Å². The molecule has 0 aliphatic heterocycles. The number of benzene rings is 3. The van der Waals surface area contributed by atoms with Crippen LogP contribution < -0.4 is 29.7 Å². The van der Waals surface area contributed by atoms with E-state index < -0.39 is 5.91 Å². The van der Waals surface area contributed by atoms with Crippen molar-refractivity contribution in [1.29, 1.82) is 0 Å². The van der Waals surface area contributed by atoms with E-state index in [0.717, 1.165) is 12.0 Å². The van der Waals surface area contributed by atoms with Crippen LogP contribution in [0.1, 0.15) is 41.8 Å². The Morgan fingerprint density at radius 3 is 2.32 bits per heavy atom. The highest BCUT2D eigenvalue weighted by atomic mass is 16.5. The Bertz CT molecular complexity index is 1260. The molecule has 0 saturated heterocycles. The van der Waals surface area contributed by atoms with E-state index in [4.69, 9.17) is 18.9 Å². The van der Waals surface area contributed by atoms with E-state index in [-0.39, 0.29) is 12.5 Å². The zero-order valence-electron chi connectivity index (χ0n) is 22.1. The van der Waals surface area contributed by atoms with Crippen LogP contribution in [0.25, 0.3) is 0 Å². The molecule has 9 heteroatoms. The van der Waals surface area contributed by atoms with E-state index in [0.29, 0.717) is 53.0 Å². The minimum Gasteiger partial charge on any atom is -0.493 e. The molecule has 0 bridgehead atoms. The number of nitrogens with zero attached hydrogens (tertiary/aromatic N) is 1. The van der Waals surface area contributed by atoms with Gasteiger partial charge in [0.2, 0.25) is 0 Å². The minimum atomic E-state index is -0.393. The number of anilines is 1. The van der Waals surface area contributed by atoms with Crippen molar-refractivity contribution in [2.75, 3.05) is 32.2 Å². The van der Waals surface area contributed by atoms with Gasteiger partial charge in [-0.2, -0.15) is 5.10 Å². The molecule has 0 saturated carbocycles. The minimum absolute atomic E-state index is 0.181. The Kier molecular flexibility index (Phi) is 10.5. The quantitative estimate of drug-likeness (QED) is 0.244. The van der Waals surface area contributed by atoms with E-state index in [1.165, 1.54) is 13.3 Å². The van der Waals surface area contributed by atoms with Gasteiger partial charge >= 0.3 is 0 Å². The predicted octanol–water partition coefficient (Wildman–Crippen LogP) is 4.97. The van der Waals surface area contributed by atoms with Crippen molar-refractivity contribution < 1.29 is 28.5 Å². The van der Waals surface area contributed by atoms with Gasteiger partial charge in [0, 0.05) is 11.3 Å². The lowest BCUT2D eigenvalue weighted by atomic mass is 10.2. The maximum absolute atomic E-state index is 12.6. The smallest absolute Gasteiger partial charge is 0.271 e. The SMILES string of the molecule is CCCOc1ccc(C(=O)N/N=C/c2ccc(OCC(=O)Nc3ccc(C)cc3)c(OC)c2)cc1OCC. The van der Waals surface area contributed by atoms with Crippen LogP contribution in [-0.4, -0.2) is 45.0 Å². The highest BCUT2D eigenvalue weighted by Crippen LogP contribution is 2.29. The fourth-order valence-electron chi connectivity index (χ4n) is 3.34. The van der Waals surface area contributed by atoms with Gasteiger partial charge in [0.05, 0.1) is 26.5 Å². The summed E-state index contributed by atoms with van der Waals surface area (Å²) in [6.45, 7) is 6.69. The van der Waals surface area contributed by atoms with Gasteiger partial charge in [-0.15, -0.1) is 0 Å². The summed E-state index contributed by atoms with van der Waals surface area (Å²) in [6.07, 6.45) is 2.35.